The van der Waals surface area contributed by atoms with E-state index in [0.717, 1.165) is 0 Å². The van der Waals surface area contributed by atoms with E-state index in [1.54, 1.807) is 6.07 Å². The van der Waals surface area contributed by atoms with Crippen molar-refractivity contribution in [2.24, 2.45) is 5.92 Å². The highest BCUT2D eigenvalue weighted by Crippen LogP contribution is 2.30. The third kappa shape index (κ3) is 3.66. The molecular formula is C12H14INO4. The van der Waals surface area contributed by atoms with Gasteiger partial charge in [0.15, 0.2) is 0 Å². The van der Waals surface area contributed by atoms with Gasteiger partial charge in [-0.25, -0.2) is 0 Å². The van der Waals surface area contributed by atoms with E-state index in [1.165, 1.54) is 12.1 Å². The number of halogens is 1. The molecule has 0 bridgehead atoms. The fourth-order valence-corrected chi connectivity index (χ4v) is 2.62. The van der Waals surface area contributed by atoms with Gasteiger partial charge in [-0.15, -0.1) is 0 Å². The van der Waals surface area contributed by atoms with Gasteiger partial charge in [-0.05, 0) is 40.5 Å². The van der Waals surface area contributed by atoms with E-state index >= 15 is 0 Å². The number of carboxylic acids is 1. The normalized spacial score (nSPS) is 12.4. The Balaban J connectivity index is 3.13. The summed E-state index contributed by atoms with van der Waals surface area (Å²) in [6.45, 7) is 3.91. The minimum Gasteiger partial charge on any atom is -0.481 e. The molecule has 0 aliphatic rings. The van der Waals surface area contributed by atoms with Crippen molar-refractivity contribution in [3.8, 4) is 0 Å². The predicted molar refractivity (Wildman–Crippen MR) is 75.6 cm³/mol. The van der Waals surface area contributed by atoms with Crippen molar-refractivity contribution >= 4 is 34.2 Å². The van der Waals surface area contributed by atoms with Gasteiger partial charge < -0.3 is 5.11 Å². The molecule has 0 aromatic heterocycles. The molecule has 1 unspecified atom stereocenters. The van der Waals surface area contributed by atoms with Crippen LogP contribution in [-0.4, -0.2) is 16.0 Å². The van der Waals surface area contributed by atoms with Crippen LogP contribution >= 0.6 is 22.6 Å². The van der Waals surface area contributed by atoms with E-state index in [-0.39, 0.29) is 11.6 Å². The zero-order chi connectivity index (χ0) is 13.9. The fourth-order valence-electron chi connectivity index (χ4n) is 1.74. The Hall–Kier alpha value is -1.18. The number of nitrogens with zero attached hydrogens (tertiary/aromatic N) is 1. The summed E-state index contributed by atoms with van der Waals surface area (Å²) in [4.78, 5) is 21.4. The molecule has 98 valence electrons. The van der Waals surface area contributed by atoms with E-state index < -0.39 is 16.8 Å². The molecule has 18 heavy (non-hydrogen) atoms. The van der Waals surface area contributed by atoms with Crippen LogP contribution in [-0.2, 0) is 4.79 Å². The van der Waals surface area contributed by atoms with Crippen LogP contribution in [0.3, 0.4) is 0 Å². The molecule has 6 heteroatoms. The van der Waals surface area contributed by atoms with Crippen molar-refractivity contribution in [2.45, 2.75) is 26.2 Å². The largest absolute Gasteiger partial charge is 0.481 e. The first kappa shape index (κ1) is 14.9. The molecule has 0 aliphatic carbocycles. The molecular weight excluding hydrogens is 349 g/mol. The van der Waals surface area contributed by atoms with Gasteiger partial charge in [0.05, 0.1) is 10.8 Å². The van der Waals surface area contributed by atoms with Crippen molar-refractivity contribution < 1.29 is 14.8 Å². The summed E-state index contributed by atoms with van der Waals surface area (Å²) in [6, 6.07) is 4.31. The molecule has 0 saturated carbocycles. The zero-order valence-electron chi connectivity index (χ0n) is 10.1. The van der Waals surface area contributed by atoms with Gasteiger partial charge in [0.1, 0.15) is 0 Å². The highest BCUT2D eigenvalue weighted by Gasteiger charge is 2.24. The molecule has 1 atom stereocenters. The first-order valence-electron chi connectivity index (χ1n) is 5.49. The molecule has 0 radical (unpaired) electrons. The van der Waals surface area contributed by atoms with Crippen molar-refractivity contribution in [1.29, 1.82) is 0 Å². The van der Waals surface area contributed by atoms with Gasteiger partial charge in [-0.3, -0.25) is 14.9 Å². The standard InChI is InChI=1S/C12H14INO4/c1-7(2)5-10(12(15)16)9-4-3-8(14(17)18)6-11(9)13/h3-4,6-7,10H,5H2,1-2H3,(H,15,16). The first-order valence-corrected chi connectivity index (χ1v) is 6.57. The summed E-state index contributed by atoms with van der Waals surface area (Å²) in [5.74, 6) is -1.26. The quantitative estimate of drug-likeness (QED) is 0.494. The van der Waals surface area contributed by atoms with Crippen LogP contribution in [0.2, 0.25) is 0 Å². The van der Waals surface area contributed by atoms with Crippen molar-refractivity contribution in [1.82, 2.24) is 0 Å². The number of rotatable bonds is 5. The summed E-state index contributed by atoms with van der Waals surface area (Å²) < 4.78 is 0.620. The molecule has 0 heterocycles. The molecule has 0 amide bonds. The lowest BCUT2D eigenvalue weighted by Crippen LogP contribution is -2.15. The molecule has 1 aromatic carbocycles. The monoisotopic (exact) mass is 363 g/mol. The lowest BCUT2D eigenvalue weighted by atomic mass is 9.90. The Morgan fingerprint density at radius 2 is 2.11 bits per heavy atom. The van der Waals surface area contributed by atoms with E-state index in [1.807, 2.05) is 36.4 Å². The third-order valence-electron chi connectivity index (χ3n) is 2.58. The summed E-state index contributed by atoms with van der Waals surface area (Å²) in [5.41, 5.74) is 0.624. The lowest BCUT2D eigenvalue weighted by molar-refractivity contribution is -0.385. The van der Waals surface area contributed by atoms with Gasteiger partial charge in [0.25, 0.3) is 5.69 Å². The first-order chi connectivity index (χ1) is 8.32. The van der Waals surface area contributed by atoms with Crippen LogP contribution in [0.15, 0.2) is 18.2 Å². The minimum absolute atomic E-state index is 0.0168. The van der Waals surface area contributed by atoms with Crippen molar-refractivity contribution in [3.05, 3.63) is 37.4 Å². The van der Waals surface area contributed by atoms with E-state index in [2.05, 4.69) is 0 Å². The Bertz CT molecular complexity index is 473. The number of nitro groups is 1. The Kier molecular flexibility index (Phi) is 5.06. The number of carbonyl (C=O) groups is 1. The van der Waals surface area contributed by atoms with Crippen LogP contribution in [0.5, 0.6) is 0 Å². The smallest absolute Gasteiger partial charge is 0.311 e. The number of hydrogen-bond acceptors (Lipinski definition) is 3. The van der Waals surface area contributed by atoms with E-state index in [4.69, 9.17) is 0 Å². The van der Waals surface area contributed by atoms with Gasteiger partial charge in [0, 0.05) is 15.7 Å². The summed E-state index contributed by atoms with van der Waals surface area (Å²) in [6.07, 6.45) is 0.517. The topological polar surface area (TPSA) is 80.4 Å². The number of nitro benzene ring substituents is 1. The second-order valence-corrected chi connectivity index (χ2v) is 5.65. The van der Waals surface area contributed by atoms with Crippen LogP contribution < -0.4 is 0 Å². The molecule has 0 aliphatic heterocycles. The molecule has 0 spiro atoms. The number of aliphatic carboxylic acids is 1. The number of hydrogen-bond donors (Lipinski definition) is 1. The van der Waals surface area contributed by atoms with E-state index in [9.17, 15) is 20.0 Å². The van der Waals surface area contributed by atoms with Crippen molar-refractivity contribution in [3.63, 3.8) is 0 Å². The average Bonchev–Trinajstić information content (AvgIpc) is 2.25. The molecule has 0 fully saturated rings. The summed E-state index contributed by atoms with van der Waals surface area (Å²) in [7, 11) is 0. The summed E-state index contributed by atoms with van der Waals surface area (Å²) >= 11 is 1.95. The van der Waals surface area contributed by atoms with Gasteiger partial charge in [0.2, 0.25) is 0 Å². The molecule has 1 N–H and O–H groups in total. The third-order valence-corrected chi connectivity index (χ3v) is 3.51. The Morgan fingerprint density at radius 1 is 1.50 bits per heavy atom. The maximum atomic E-state index is 11.3. The second kappa shape index (κ2) is 6.12. The van der Waals surface area contributed by atoms with Gasteiger partial charge in [-0.2, -0.15) is 0 Å². The minimum atomic E-state index is -0.893. The molecule has 5 nitrogen and oxygen atoms in total. The average molecular weight is 363 g/mol. The molecule has 1 aromatic rings. The maximum Gasteiger partial charge on any atom is 0.311 e. The van der Waals surface area contributed by atoms with Crippen LogP contribution in [0.1, 0.15) is 31.7 Å². The highest BCUT2D eigenvalue weighted by atomic mass is 127. The molecule has 0 saturated heterocycles. The van der Waals surface area contributed by atoms with Gasteiger partial charge >= 0.3 is 5.97 Å². The van der Waals surface area contributed by atoms with E-state index in [0.29, 0.717) is 15.6 Å². The SMILES string of the molecule is CC(C)CC(C(=O)O)c1ccc([N+](=O)[O-])cc1I. The maximum absolute atomic E-state index is 11.3. The van der Waals surface area contributed by atoms with Crippen LogP contribution in [0.25, 0.3) is 0 Å². The number of non-ortho nitro benzene ring substituents is 1. The zero-order valence-corrected chi connectivity index (χ0v) is 12.2. The van der Waals surface area contributed by atoms with Crippen LogP contribution in [0.4, 0.5) is 5.69 Å². The van der Waals surface area contributed by atoms with Gasteiger partial charge in [-0.1, -0.05) is 19.9 Å². The summed E-state index contributed by atoms with van der Waals surface area (Å²) in [5, 5.41) is 19.9. The number of carboxylic acid groups (broad SMARTS) is 1. The Morgan fingerprint density at radius 3 is 2.50 bits per heavy atom. The number of benzene rings is 1. The molecule has 1 rings (SSSR count). The second-order valence-electron chi connectivity index (χ2n) is 4.48. The predicted octanol–water partition coefficient (Wildman–Crippen LogP) is 3.41. The fraction of sp³-hybridized carbons (Fsp3) is 0.417. The van der Waals surface area contributed by atoms with Crippen LogP contribution in [0, 0.1) is 19.6 Å². The Labute approximate surface area is 118 Å². The lowest BCUT2D eigenvalue weighted by Gasteiger charge is -2.16. The highest BCUT2D eigenvalue weighted by molar-refractivity contribution is 14.1. The van der Waals surface area contributed by atoms with Crippen molar-refractivity contribution in [2.75, 3.05) is 0 Å².